The van der Waals surface area contributed by atoms with Crippen LogP contribution >= 0.6 is 15.9 Å². The molecule has 0 heterocycles. The summed E-state index contributed by atoms with van der Waals surface area (Å²) in [5.41, 5.74) is 1.68. The van der Waals surface area contributed by atoms with Gasteiger partial charge in [0.05, 0.1) is 23.9 Å². The van der Waals surface area contributed by atoms with Gasteiger partial charge >= 0.3 is 0 Å². The molecule has 0 amide bonds. The number of halogens is 1. The van der Waals surface area contributed by atoms with Gasteiger partial charge in [-0.05, 0) is 31.2 Å². The average molecular weight is 339 g/mol. The summed E-state index contributed by atoms with van der Waals surface area (Å²) in [4.78, 5) is 13.8. The Morgan fingerprint density at radius 2 is 2.10 bits per heavy atom. The number of hydrogen-bond acceptors (Lipinski definition) is 4. The molecule has 20 heavy (non-hydrogen) atoms. The van der Waals surface area contributed by atoms with Crippen LogP contribution in [0.4, 0.5) is 5.69 Å². The standard InChI is InChI=1S/C15H19BrN2O2/c1-3-18(10-11-20-2)13-6-4-12(5-7-13)15(19)14(16)8-9-17/h4-7,14H,3,8,10-11H2,1-2H3. The van der Waals surface area contributed by atoms with Crippen molar-refractivity contribution in [1.82, 2.24) is 0 Å². The monoisotopic (exact) mass is 338 g/mol. The third-order valence-electron chi connectivity index (χ3n) is 3.02. The number of likely N-dealkylation sites (N-methyl/N-ethyl adjacent to an activating group) is 1. The van der Waals surface area contributed by atoms with Crippen LogP contribution in [0.25, 0.3) is 0 Å². The van der Waals surface area contributed by atoms with Crippen molar-refractivity contribution >= 4 is 27.4 Å². The van der Waals surface area contributed by atoms with Gasteiger partial charge in [-0.3, -0.25) is 4.79 Å². The molecule has 0 aromatic heterocycles. The summed E-state index contributed by atoms with van der Waals surface area (Å²) < 4.78 is 5.08. The van der Waals surface area contributed by atoms with Gasteiger partial charge in [-0.2, -0.15) is 5.26 Å². The maximum atomic E-state index is 12.0. The van der Waals surface area contributed by atoms with Gasteiger partial charge in [0.2, 0.25) is 0 Å². The van der Waals surface area contributed by atoms with Gasteiger partial charge in [-0.1, -0.05) is 15.9 Å². The lowest BCUT2D eigenvalue weighted by Gasteiger charge is -2.22. The van der Waals surface area contributed by atoms with Crippen molar-refractivity contribution in [2.45, 2.75) is 18.2 Å². The number of ether oxygens (including phenoxy) is 1. The first-order valence-electron chi connectivity index (χ1n) is 6.53. The van der Waals surface area contributed by atoms with Crippen molar-refractivity contribution in [2.24, 2.45) is 0 Å². The molecule has 1 unspecified atom stereocenters. The molecule has 0 fully saturated rings. The number of methoxy groups -OCH3 is 1. The van der Waals surface area contributed by atoms with Crippen LogP contribution in [-0.2, 0) is 4.74 Å². The quantitative estimate of drug-likeness (QED) is 0.540. The highest BCUT2D eigenvalue weighted by Gasteiger charge is 2.16. The fourth-order valence-electron chi connectivity index (χ4n) is 1.86. The van der Waals surface area contributed by atoms with Crippen molar-refractivity contribution in [1.29, 1.82) is 5.26 Å². The second-order valence-corrected chi connectivity index (χ2v) is 5.42. The number of anilines is 1. The van der Waals surface area contributed by atoms with E-state index in [0.29, 0.717) is 12.2 Å². The normalized spacial score (nSPS) is 11.7. The summed E-state index contributed by atoms with van der Waals surface area (Å²) in [6.07, 6.45) is 0.176. The van der Waals surface area contributed by atoms with E-state index in [4.69, 9.17) is 10.00 Å². The van der Waals surface area contributed by atoms with E-state index in [1.54, 1.807) is 19.2 Å². The number of ketones is 1. The first kappa shape index (κ1) is 16.7. The Morgan fingerprint density at radius 3 is 2.60 bits per heavy atom. The van der Waals surface area contributed by atoms with E-state index in [9.17, 15) is 4.79 Å². The Morgan fingerprint density at radius 1 is 1.45 bits per heavy atom. The number of nitriles is 1. The van der Waals surface area contributed by atoms with Crippen molar-refractivity contribution in [3.05, 3.63) is 29.8 Å². The molecular weight excluding hydrogens is 320 g/mol. The number of carbonyl (C=O) groups is 1. The Balaban J connectivity index is 2.77. The number of alkyl halides is 1. The van der Waals surface area contributed by atoms with Crippen molar-refractivity contribution in [3.63, 3.8) is 0 Å². The molecule has 0 saturated heterocycles. The highest BCUT2D eigenvalue weighted by molar-refractivity contribution is 9.10. The zero-order valence-corrected chi connectivity index (χ0v) is 13.4. The highest BCUT2D eigenvalue weighted by atomic mass is 79.9. The first-order valence-corrected chi connectivity index (χ1v) is 7.44. The molecule has 1 rings (SSSR count). The van der Waals surface area contributed by atoms with Gasteiger partial charge < -0.3 is 9.64 Å². The SMILES string of the molecule is CCN(CCOC)c1ccc(C(=O)C(Br)CC#N)cc1. The summed E-state index contributed by atoms with van der Waals surface area (Å²) in [7, 11) is 1.68. The maximum Gasteiger partial charge on any atom is 0.177 e. The van der Waals surface area contributed by atoms with Gasteiger partial charge in [0.1, 0.15) is 0 Å². The number of benzene rings is 1. The lowest BCUT2D eigenvalue weighted by molar-refractivity contribution is 0.0992. The van der Waals surface area contributed by atoms with Crippen LogP contribution in [0.5, 0.6) is 0 Å². The highest BCUT2D eigenvalue weighted by Crippen LogP contribution is 2.18. The van der Waals surface area contributed by atoms with Crippen LogP contribution in [-0.4, -0.2) is 37.4 Å². The minimum atomic E-state index is -0.436. The summed E-state index contributed by atoms with van der Waals surface area (Å²) in [6, 6.07) is 9.46. The second-order valence-electron chi connectivity index (χ2n) is 4.31. The van der Waals surface area contributed by atoms with Crippen molar-refractivity contribution in [3.8, 4) is 6.07 Å². The predicted molar refractivity (Wildman–Crippen MR) is 83.5 cm³/mol. The number of hydrogen-bond donors (Lipinski definition) is 0. The Kier molecular flexibility index (Phi) is 7.27. The topological polar surface area (TPSA) is 53.3 Å². The minimum absolute atomic E-state index is 0.0574. The molecule has 1 aromatic rings. The Bertz CT molecular complexity index is 468. The molecule has 0 bridgehead atoms. The molecule has 0 aliphatic heterocycles. The Labute approximate surface area is 128 Å². The van der Waals surface area contributed by atoms with Gasteiger partial charge in [0, 0.05) is 31.5 Å². The van der Waals surface area contributed by atoms with Crippen LogP contribution in [0, 0.1) is 11.3 Å². The van der Waals surface area contributed by atoms with Gasteiger partial charge in [-0.15, -0.1) is 0 Å². The molecule has 0 aliphatic carbocycles. The van der Waals surface area contributed by atoms with Crippen molar-refractivity contribution in [2.75, 3.05) is 31.7 Å². The van der Waals surface area contributed by atoms with E-state index in [-0.39, 0.29) is 12.2 Å². The van der Waals surface area contributed by atoms with Crippen LogP contribution in [0.15, 0.2) is 24.3 Å². The van der Waals surface area contributed by atoms with Gasteiger partial charge in [0.15, 0.2) is 5.78 Å². The summed E-state index contributed by atoms with van der Waals surface area (Å²) in [6.45, 7) is 4.44. The molecule has 4 nitrogen and oxygen atoms in total. The fraction of sp³-hybridized carbons (Fsp3) is 0.467. The molecule has 1 aromatic carbocycles. The number of carbonyl (C=O) groups excluding carboxylic acids is 1. The third kappa shape index (κ3) is 4.62. The minimum Gasteiger partial charge on any atom is -0.383 e. The number of rotatable bonds is 8. The Hall–Kier alpha value is -1.38. The van der Waals surface area contributed by atoms with Gasteiger partial charge in [0.25, 0.3) is 0 Å². The van der Waals surface area contributed by atoms with E-state index in [0.717, 1.165) is 18.8 Å². The molecular formula is C15H19BrN2O2. The lowest BCUT2D eigenvalue weighted by atomic mass is 10.1. The van der Waals surface area contributed by atoms with E-state index < -0.39 is 4.83 Å². The number of nitrogens with zero attached hydrogens (tertiary/aromatic N) is 2. The third-order valence-corrected chi connectivity index (χ3v) is 3.76. The molecule has 5 heteroatoms. The second kappa shape index (κ2) is 8.72. The van der Waals surface area contributed by atoms with Crippen molar-refractivity contribution < 1.29 is 9.53 Å². The van der Waals surface area contributed by atoms with E-state index in [2.05, 4.69) is 27.8 Å². The van der Waals surface area contributed by atoms with Crippen LogP contribution in [0.1, 0.15) is 23.7 Å². The molecule has 0 N–H and O–H groups in total. The summed E-state index contributed by atoms with van der Waals surface area (Å²) in [5.74, 6) is -0.0574. The maximum absolute atomic E-state index is 12.0. The van der Waals surface area contributed by atoms with Gasteiger partial charge in [-0.25, -0.2) is 0 Å². The van der Waals surface area contributed by atoms with E-state index in [1.165, 1.54) is 0 Å². The zero-order valence-electron chi connectivity index (χ0n) is 11.8. The molecule has 0 saturated carbocycles. The zero-order chi connectivity index (χ0) is 15.0. The van der Waals surface area contributed by atoms with Crippen LogP contribution < -0.4 is 4.90 Å². The average Bonchev–Trinajstić information content (AvgIpc) is 2.48. The molecule has 0 spiro atoms. The number of Topliss-reactive ketones (excluding diaryl/α,β-unsaturated/α-hetero) is 1. The first-order chi connectivity index (χ1) is 9.63. The summed E-state index contributed by atoms with van der Waals surface area (Å²) in [5, 5.41) is 8.61. The molecule has 108 valence electrons. The largest absolute Gasteiger partial charge is 0.383 e. The van der Waals surface area contributed by atoms with E-state index >= 15 is 0 Å². The smallest absolute Gasteiger partial charge is 0.177 e. The molecule has 1 atom stereocenters. The molecule has 0 aliphatic rings. The summed E-state index contributed by atoms with van der Waals surface area (Å²) >= 11 is 3.24. The van der Waals surface area contributed by atoms with Crippen LogP contribution in [0.3, 0.4) is 0 Å². The lowest BCUT2D eigenvalue weighted by Crippen LogP contribution is -2.26. The predicted octanol–water partition coefficient (Wildman–Crippen LogP) is 3.02. The van der Waals surface area contributed by atoms with E-state index in [1.807, 2.05) is 18.2 Å². The van der Waals surface area contributed by atoms with Crippen LogP contribution in [0.2, 0.25) is 0 Å². The fourth-order valence-corrected chi connectivity index (χ4v) is 2.27. The molecule has 0 radical (unpaired) electrons.